The second-order valence-electron chi connectivity index (χ2n) is 3.29. The van der Waals surface area contributed by atoms with Crippen LogP contribution in [0.25, 0.3) is 0 Å². The van der Waals surface area contributed by atoms with Crippen LogP contribution in [0.1, 0.15) is 27.2 Å². The van der Waals surface area contributed by atoms with Crippen LogP contribution in [0.4, 0.5) is 0 Å². The predicted molar refractivity (Wildman–Crippen MR) is 44.1 cm³/mol. The van der Waals surface area contributed by atoms with Gasteiger partial charge < -0.3 is 10.8 Å². The van der Waals surface area contributed by atoms with E-state index >= 15 is 0 Å². The average Bonchev–Trinajstić information content (AvgIpc) is 1.84. The number of Topliss-reactive ketones (excluding diaryl/α,β-unsaturated/α-hetero) is 1. The molecule has 0 rings (SSSR count). The SMILES string of the molecule is CC(O)CC(=O)[C@@H](N)C(C)C. The molecule has 0 fully saturated rings. The first-order valence-electron chi connectivity index (χ1n) is 3.91. The molecule has 0 saturated carbocycles. The Morgan fingerprint density at radius 3 is 2.18 bits per heavy atom. The van der Waals surface area contributed by atoms with E-state index in [0.29, 0.717) is 0 Å². The van der Waals surface area contributed by atoms with Gasteiger partial charge >= 0.3 is 0 Å². The second kappa shape index (κ2) is 4.46. The minimum absolute atomic E-state index is 0.0602. The van der Waals surface area contributed by atoms with Gasteiger partial charge in [-0.2, -0.15) is 0 Å². The maximum Gasteiger partial charge on any atom is 0.152 e. The highest BCUT2D eigenvalue weighted by atomic mass is 16.3. The first kappa shape index (κ1) is 10.6. The van der Waals surface area contributed by atoms with Gasteiger partial charge in [0.05, 0.1) is 12.1 Å². The van der Waals surface area contributed by atoms with Gasteiger partial charge in [0.2, 0.25) is 0 Å². The third-order valence-electron chi connectivity index (χ3n) is 1.59. The van der Waals surface area contributed by atoms with E-state index in [1.54, 1.807) is 6.92 Å². The van der Waals surface area contributed by atoms with E-state index in [4.69, 9.17) is 10.8 Å². The molecule has 3 heteroatoms. The summed E-state index contributed by atoms with van der Waals surface area (Å²) < 4.78 is 0. The summed E-state index contributed by atoms with van der Waals surface area (Å²) in [4.78, 5) is 11.1. The van der Waals surface area contributed by atoms with Gasteiger partial charge in [-0.15, -0.1) is 0 Å². The standard InChI is InChI=1S/C8H17NO2/c1-5(2)8(9)7(11)4-6(3)10/h5-6,8,10H,4,9H2,1-3H3/t6?,8-/m0/s1. The molecule has 0 radical (unpaired) electrons. The van der Waals surface area contributed by atoms with E-state index in [1.165, 1.54) is 0 Å². The highest BCUT2D eigenvalue weighted by Crippen LogP contribution is 2.03. The van der Waals surface area contributed by atoms with Crippen LogP contribution < -0.4 is 5.73 Å². The summed E-state index contributed by atoms with van der Waals surface area (Å²) in [5.74, 6) is 0.0938. The molecule has 0 heterocycles. The molecule has 1 unspecified atom stereocenters. The van der Waals surface area contributed by atoms with Crippen LogP contribution in [0, 0.1) is 5.92 Å². The van der Waals surface area contributed by atoms with Crippen LogP contribution in [0.5, 0.6) is 0 Å². The second-order valence-corrected chi connectivity index (χ2v) is 3.29. The van der Waals surface area contributed by atoms with Crippen molar-refractivity contribution in [1.29, 1.82) is 0 Å². The number of hydrogen-bond acceptors (Lipinski definition) is 3. The van der Waals surface area contributed by atoms with Crippen molar-refractivity contribution in [2.45, 2.75) is 39.3 Å². The number of ketones is 1. The van der Waals surface area contributed by atoms with Gasteiger partial charge in [-0.3, -0.25) is 4.79 Å². The zero-order chi connectivity index (χ0) is 9.02. The van der Waals surface area contributed by atoms with Gasteiger partial charge in [0.15, 0.2) is 5.78 Å². The molecule has 0 aliphatic rings. The Kier molecular flexibility index (Phi) is 4.30. The highest BCUT2D eigenvalue weighted by molar-refractivity contribution is 5.84. The van der Waals surface area contributed by atoms with E-state index in [-0.39, 0.29) is 18.1 Å². The lowest BCUT2D eigenvalue weighted by Crippen LogP contribution is -2.36. The number of carbonyl (C=O) groups excluding carboxylic acids is 1. The van der Waals surface area contributed by atoms with Crippen molar-refractivity contribution in [1.82, 2.24) is 0 Å². The summed E-state index contributed by atoms with van der Waals surface area (Å²) in [7, 11) is 0. The molecule has 0 spiro atoms. The lowest BCUT2D eigenvalue weighted by Gasteiger charge is -2.14. The van der Waals surface area contributed by atoms with Crippen molar-refractivity contribution in [2.75, 3.05) is 0 Å². The Hall–Kier alpha value is -0.410. The number of nitrogens with two attached hydrogens (primary N) is 1. The molecule has 0 bridgehead atoms. The highest BCUT2D eigenvalue weighted by Gasteiger charge is 2.18. The molecule has 66 valence electrons. The van der Waals surface area contributed by atoms with Crippen molar-refractivity contribution in [3.63, 3.8) is 0 Å². The maximum absolute atomic E-state index is 11.1. The van der Waals surface area contributed by atoms with Gasteiger partial charge in [0.25, 0.3) is 0 Å². The molecule has 0 aromatic heterocycles. The van der Waals surface area contributed by atoms with Crippen molar-refractivity contribution in [3.8, 4) is 0 Å². The molecule has 0 amide bonds. The van der Waals surface area contributed by atoms with Crippen LogP contribution in [-0.2, 0) is 4.79 Å². The molecule has 0 saturated heterocycles. The van der Waals surface area contributed by atoms with Crippen molar-refractivity contribution in [2.24, 2.45) is 11.7 Å². The third kappa shape index (κ3) is 4.11. The fraction of sp³-hybridized carbons (Fsp3) is 0.875. The van der Waals surface area contributed by atoms with Crippen molar-refractivity contribution in [3.05, 3.63) is 0 Å². The number of aliphatic hydroxyl groups excluding tert-OH is 1. The average molecular weight is 159 g/mol. The molecular weight excluding hydrogens is 142 g/mol. The summed E-state index contributed by atoms with van der Waals surface area (Å²) >= 11 is 0. The molecule has 3 nitrogen and oxygen atoms in total. The Labute approximate surface area is 67.6 Å². The van der Waals surface area contributed by atoms with Gasteiger partial charge in [-0.05, 0) is 12.8 Å². The molecule has 2 atom stereocenters. The Bertz CT molecular complexity index is 132. The zero-order valence-corrected chi connectivity index (χ0v) is 7.37. The molecular formula is C8H17NO2. The van der Waals surface area contributed by atoms with E-state index in [1.807, 2.05) is 13.8 Å². The topological polar surface area (TPSA) is 63.3 Å². The predicted octanol–water partition coefficient (Wildman–Crippen LogP) is 0.310. The lowest BCUT2D eigenvalue weighted by atomic mass is 9.98. The van der Waals surface area contributed by atoms with Gasteiger partial charge in [0.1, 0.15) is 0 Å². The first-order valence-corrected chi connectivity index (χ1v) is 3.91. The quantitative estimate of drug-likeness (QED) is 0.620. The number of rotatable bonds is 4. The van der Waals surface area contributed by atoms with Gasteiger partial charge in [0, 0.05) is 6.42 Å². The van der Waals surface area contributed by atoms with E-state index in [2.05, 4.69) is 0 Å². The largest absolute Gasteiger partial charge is 0.393 e. The van der Waals surface area contributed by atoms with Crippen molar-refractivity contribution >= 4 is 5.78 Å². The fourth-order valence-electron chi connectivity index (χ4n) is 0.799. The summed E-state index contributed by atoms with van der Waals surface area (Å²) in [5.41, 5.74) is 5.55. The molecule has 0 aromatic rings. The van der Waals surface area contributed by atoms with Crippen LogP contribution in [0.3, 0.4) is 0 Å². The molecule has 3 N–H and O–H groups in total. The minimum atomic E-state index is -0.577. The smallest absolute Gasteiger partial charge is 0.152 e. The number of aliphatic hydroxyl groups is 1. The van der Waals surface area contributed by atoms with E-state index in [0.717, 1.165) is 0 Å². The Balaban J connectivity index is 3.83. The van der Waals surface area contributed by atoms with Gasteiger partial charge in [-0.25, -0.2) is 0 Å². The van der Waals surface area contributed by atoms with Crippen LogP contribution in [-0.4, -0.2) is 23.0 Å². The molecule has 0 aromatic carbocycles. The van der Waals surface area contributed by atoms with Crippen molar-refractivity contribution < 1.29 is 9.90 Å². The van der Waals surface area contributed by atoms with Gasteiger partial charge in [-0.1, -0.05) is 13.8 Å². The van der Waals surface area contributed by atoms with E-state index in [9.17, 15) is 4.79 Å². The summed E-state index contributed by atoms with van der Waals surface area (Å²) in [6, 6.07) is -0.426. The normalized spacial score (nSPS) is 16.5. The number of carbonyl (C=O) groups is 1. The Morgan fingerprint density at radius 1 is 1.45 bits per heavy atom. The summed E-state index contributed by atoms with van der Waals surface area (Å²) in [5, 5.41) is 8.88. The molecule has 11 heavy (non-hydrogen) atoms. The molecule has 0 aliphatic carbocycles. The Morgan fingerprint density at radius 2 is 1.91 bits per heavy atom. The molecule has 0 aliphatic heterocycles. The fourth-order valence-corrected chi connectivity index (χ4v) is 0.799. The van der Waals surface area contributed by atoms with Crippen LogP contribution >= 0.6 is 0 Å². The summed E-state index contributed by atoms with van der Waals surface area (Å²) in [6.07, 6.45) is -0.411. The lowest BCUT2D eigenvalue weighted by molar-refractivity contribution is -0.122. The van der Waals surface area contributed by atoms with Crippen LogP contribution in [0.15, 0.2) is 0 Å². The third-order valence-corrected chi connectivity index (χ3v) is 1.59. The maximum atomic E-state index is 11.1. The minimum Gasteiger partial charge on any atom is -0.393 e. The number of hydrogen-bond donors (Lipinski definition) is 2. The van der Waals surface area contributed by atoms with Crippen LogP contribution in [0.2, 0.25) is 0 Å². The zero-order valence-electron chi connectivity index (χ0n) is 7.37. The monoisotopic (exact) mass is 159 g/mol. The van der Waals surface area contributed by atoms with E-state index < -0.39 is 12.1 Å². The first-order chi connectivity index (χ1) is 4.95. The summed E-state index contributed by atoms with van der Waals surface area (Å²) in [6.45, 7) is 5.38.